The first-order valence-electron chi connectivity index (χ1n) is 10.4. The van der Waals surface area contributed by atoms with E-state index in [9.17, 15) is 27.2 Å². The van der Waals surface area contributed by atoms with Crippen molar-refractivity contribution < 1.29 is 31.9 Å². The minimum absolute atomic E-state index is 0.0225. The van der Waals surface area contributed by atoms with Crippen molar-refractivity contribution in [2.75, 3.05) is 16.0 Å². The van der Waals surface area contributed by atoms with Crippen molar-refractivity contribution in [1.82, 2.24) is 9.97 Å². The summed E-state index contributed by atoms with van der Waals surface area (Å²) in [5, 5.41) is 6.98. The molecular weight excluding hydrogens is 470 g/mol. The molecular formula is C23H19F4N5O3. The predicted octanol–water partition coefficient (Wildman–Crippen LogP) is 5.65. The molecule has 1 aromatic carbocycles. The van der Waals surface area contributed by atoms with Crippen LogP contribution in [0.2, 0.25) is 0 Å². The number of urea groups is 1. The summed E-state index contributed by atoms with van der Waals surface area (Å²) < 4.78 is 60.7. The fourth-order valence-electron chi connectivity index (χ4n) is 2.98. The van der Waals surface area contributed by atoms with E-state index in [0.717, 1.165) is 43.3 Å². The van der Waals surface area contributed by atoms with Gasteiger partial charge in [-0.3, -0.25) is 4.79 Å². The van der Waals surface area contributed by atoms with Crippen molar-refractivity contribution in [1.29, 1.82) is 0 Å². The molecule has 0 atom stereocenters. The maximum absolute atomic E-state index is 14.5. The van der Waals surface area contributed by atoms with Crippen molar-refractivity contribution >= 4 is 29.1 Å². The second-order valence-electron chi connectivity index (χ2n) is 7.92. The molecule has 0 bridgehead atoms. The minimum atomic E-state index is -3.23. The second-order valence-corrected chi connectivity index (χ2v) is 7.92. The Morgan fingerprint density at radius 1 is 1.00 bits per heavy atom. The van der Waals surface area contributed by atoms with Crippen LogP contribution in [0.5, 0.6) is 11.6 Å². The number of rotatable bonds is 7. The molecule has 3 N–H and O–H groups in total. The molecule has 1 aliphatic carbocycles. The van der Waals surface area contributed by atoms with Gasteiger partial charge in [0.25, 0.3) is 11.8 Å². The van der Waals surface area contributed by atoms with Crippen molar-refractivity contribution in [3.63, 3.8) is 0 Å². The summed E-state index contributed by atoms with van der Waals surface area (Å²) in [6, 6.07) is 5.27. The zero-order valence-corrected chi connectivity index (χ0v) is 18.2. The predicted molar refractivity (Wildman–Crippen MR) is 118 cm³/mol. The van der Waals surface area contributed by atoms with Gasteiger partial charge in [0.15, 0.2) is 5.82 Å². The lowest BCUT2D eigenvalue weighted by atomic mass is 10.1. The van der Waals surface area contributed by atoms with Gasteiger partial charge in [-0.1, -0.05) is 6.07 Å². The van der Waals surface area contributed by atoms with Gasteiger partial charge < -0.3 is 20.7 Å². The van der Waals surface area contributed by atoms with Gasteiger partial charge in [-0.05, 0) is 31.0 Å². The van der Waals surface area contributed by atoms with Gasteiger partial charge in [-0.15, -0.1) is 0 Å². The Labute approximate surface area is 196 Å². The highest BCUT2D eigenvalue weighted by Gasteiger charge is 2.30. The Balaban J connectivity index is 1.40. The standard InChI is InChI=1S/C23H19F4N5O3/c1-23(26,27)13-4-5-16(24)18(8-13)31-22(34)30-14-9-17(25)21(29-11-14)35-15-6-7-28-19(10-15)32-20(33)12-2-3-12/h4-12H,2-3H2,1H3,(H,28,32,33)(H2,30,31,34). The Kier molecular flexibility index (Phi) is 6.54. The van der Waals surface area contributed by atoms with Crippen LogP contribution < -0.4 is 20.7 Å². The van der Waals surface area contributed by atoms with Gasteiger partial charge >= 0.3 is 6.03 Å². The second kappa shape index (κ2) is 9.57. The molecule has 1 saturated carbocycles. The van der Waals surface area contributed by atoms with Gasteiger partial charge in [0.2, 0.25) is 5.91 Å². The molecule has 2 aromatic heterocycles. The lowest BCUT2D eigenvalue weighted by molar-refractivity contribution is -0.117. The number of carbonyl (C=O) groups excluding carboxylic acids is 2. The Bertz CT molecular complexity index is 1280. The SMILES string of the molecule is CC(F)(F)c1ccc(F)c(NC(=O)Nc2cnc(Oc3ccnc(NC(=O)C4CC4)c3)c(F)c2)c1. The summed E-state index contributed by atoms with van der Waals surface area (Å²) in [6.07, 6.45) is 4.11. The quantitative estimate of drug-likeness (QED) is 0.372. The van der Waals surface area contributed by atoms with E-state index in [1.54, 1.807) is 0 Å². The lowest BCUT2D eigenvalue weighted by Gasteiger charge is -2.14. The van der Waals surface area contributed by atoms with Gasteiger partial charge in [0.1, 0.15) is 17.4 Å². The summed E-state index contributed by atoms with van der Waals surface area (Å²) in [7, 11) is 0. The van der Waals surface area contributed by atoms with E-state index in [1.807, 2.05) is 0 Å². The molecule has 35 heavy (non-hydrogen) atoms. The third-order valence-corrected chi connectivity index (χ3v) is 4.93. The number of nitrogens with one attached hydrogen (secondary N) is 3. The number of carbonyl (C=O) groups is 2. The van der Waals surface area contributed by atoms with Crippen LogP contribution >= 0.6 is 0 Å². The summed E-state index contributed by atoms with van der Waals surface area (Å²) in [4.78, 5) is 31.8. The largest absolute Gasteiger partial charge is 0.436 e. The van der Waals surface area contributed by atoms with E-state index in [2.05, 4.69) is 25.9 Å². The van der Waals surface area contributed by atoms with Crippen LogP contribution in [-0.2, 0) is 10.7 Å². The molecule has 4 rings (SSSR count). The average Bonchev–Trinajstić information content (AvgIpc) is 3.62. The number of ether oxygens (including phenoxy) is 1. The summed E-state index contributed by atoms with van der Waals surface area (Å²) in [6.45, 7) is 0.638. The fraction of sp³-hybridized carbons (Fsp3) is 0.217. The third-order valence-electron chi connectivity index (χ3n) is 4.93. The van der Waals surface area contributed by atoms with Gasteiger partial charge in [-0.25, -0.2) is 32.3 Å². The molecule has 0 radical (unpaired) electrons. The summed E-state index contributed by atoms with van der Waals surface area (Å²) >= 11 is 0. The molecule has 0 unspecified atom stereocenters. The molecule has 2 heterocycles. The summed E-state index contributed by atoms with van der Waals surface area (Å²) in [5.41, 5.74) is -1.07. The number of halogens is 4. The first-order chi connectivity index (χ1) is 16.6. The summed E-state index contributed by atoms with van der Waals surface area (Å²) in [5.74, 6) is -5.26. The molecule has 3 amide bonds. The highest BCUT2D eigenvalue weighted by atomic mass is 19.3. The van der Waals surface area contributed by atoms with Crippen molar-refractivity contribution in [3.05, 3.63) is 66.0 Å². The van der Waals surface area contributed by atoms with Crippen molar-refractivity contribution in [2.24, 2.45) is 5.92 Å². The first kappa shape index (κ1) is 23.9. The molecule has 12 heteroatoms. The number of benzene rings is 1. The first-order valence-corrected chi connectivity index (χ1v) is 10.4. The van der Waals surface area contributed by atoms with Gasteiger partial charge in [-0.2, -0.15) is 0 Å². The van der Waals surface area contributed by atoms with Crippen molar-refractivity contribution in [3.8, 4) is 11.6 Å². The molecule has 182 valence electrons. The molecule has 3 aromatic rings. The number of aromatic nitrogens is 2. The Morgan fingerprint density at radius 3 is 2.46 bits per heavy atom. The Morgan fingerprint density at radius 2 is 1.77 bits per heavy atom. The van der Waals surface area contributed by atoms with Crippen LogP contribution in [0.1, 0.15) is 25.3 Å². The van der Waals surface area contributed by atoms with E-state index in [4.69, 9.17) is 4.74 Å². The van der Waals surface area contributed by atoms with E-state index in [1.165, 1.54) is 18.3 Å². The smallest absolute Gasteiger partial charge is 0.323 e. The molecule has 1 aliphatic rings. The van der Waals surface area contributed by atoms with E-state index >= 15 is 0 Å². The topological polar surface area (TPSA) is 105 Å². The fourth-order valence-corrected chi connectivity index (χ4v) is 2.98. The van der Waals surface area contributed by atoms with Crippen LogP contribution in [0, 0.1) is 17.6 Å². The van der Waals surface area contributed by atoms with E-state index < -0.39 is 40.7 Å². The zero-order valence-electron chi connectivity index (χ0n) is 18.2. The average molecular weight is 489 g/mol. The van der Waals surface area contributed by atoms with Crippen LogP contribution in [0.3, 0.4) is 0 Å². The van der Waals surface area contributed by atoms with Crippen LogP contribution in [0.4, 0.5) is 39.5 Å². The monoisotopic (exact) mass is 489 g/mol. The number of pyridine rings is 2. The number of anilines is 3. The zero-order chi connectivity index (χ0) is 25.2. The highest BCUT2D eigenvalue weighted by Crippen LogP contribution is 2.31. The number of amides is 3. The molecule has 0 spiro atoms. The lowest BCUT2D eigenvalue weighted by Crippen LogP contribution is -2.21. The highest BCUT2D eigenvalue weighted by molar-refractivity contribution is 5.99. The Hall–Kier alpha value is -4.22. The number of hydrogen-bond donors (Lipinski definition) is 3. The maximum atomic E-state index is 14.5. The normalized spacial score (nSPS) is 13.2. The third kappa shape index (κ3) is 6.22. The number of nitrogens with zero attached hydrogens (tertiary/aromatic N) is 2. The molecule has 0 saturated heterocycles. The minimum Gasteiger partial charge on any atom is -0.436 e. The van der Waals surface area contributed by atoms with Crippen LogP contribution in [-0.4, -0.2) is 21.9 Å². The molecule has 8 nitrogen and oxygen atoms in total. The van der Waals surface area contributed by atoms with Crippen LogP contribution in [0.15, 0.2) is 48.8 Å². The number of hydrogen-bond acceptors (Lipinski definition) is 5. The molecule has 1 fully saturated rings. The molecule has 0 aliphatic heterocycles. The van der Waals surface area contributed by atoms with E-state index in [0.29, 0.717) is 6.92 Å². The van der Waals surface area contributed by atoms with Crippen LogP contribution in [0.25, 0.3) is 0 Å². The van der Waals surface area contributed by atoms with Crippen molar-refractivity contribution in [2.45, 2.75) is 25.7 Å². The van der Waals surface area contributed by atoms with Gasteiger partial charge in [0, 0.05) is 36.7 Å². The van der Waals surface area contributed by atoms with E-state index in [-0.39, 0.29) is 29.1 Å². The van der Waals surface area contributed by atoms with Gasteiger partial charge in [0.05, 0.1) is 17.6 Å². The maximum Gasteiger partial charge on any atom is 0.323 e. The number of alkyl halides is 2.